The van der Waals surface area contributed by atoms with Crippen LogP contribution in [0.3, 0.4) is 0 Å². The Morgan fingerprint density at radius 3 is 2.48 bits per heavy atom. The monoisotopic (exact) mass is 486 g/mol. The minimum absolute atomic E-state index is 0.138. The highest BCUT2D eigenvalue weighted by molar-refractivity contribution is 7.84. The zero-order valence-corrected chi connectivity index (χ0v) is 19.4. The second-order valence-electron chi connectivity index (χ2n) is 7.97. The van der Waals surface area contributed by atoms with Crippen LogP contribution in [0, 0.1) is 0 Å². The second kappa shape index (κ2) is 9.59. The van der Waals surface area contributed by atoms with Gasteiger partial charge in [0.25, 0.3) is 5.91 Å². The maximum Gasteiger partial charge on any atom is 0.289 e. The largest absolute Gasteiger partial charge is 0.455 e. The third-order valence-corrected chi connectivity index (χ3v) is 7.32. The van der Waals surface area contributed by atoms with Crippen LogP contribution in [0.15, 0.2) is 63.9 Å². The minimum atomic E-state index is -1.27. The summed E-state index contributed by atoms with van der Waals surface area (Å²) in [7, 11) is -1.27. The fourth-order valence-corrected chi connectivity index (χ4v) is 5.08. The van der Waals surface area contributed by atoms with Crippen LogP contribution in [0.5, 0.6) is 11.5 Å². The Bertz CT molecular complexity index is 1170. The molecule has 1 fully saturated rings. The normalized spacial score (nSPS) is 16.7. The number of hydrogen-bond donors (Lipinski definition) is 0. The fraction of sp³-hybridized carbons (Fsp3) is 0.292. The van der Waals surface area contributed by atoms with Crippen LogP contribution in [0.1, 0.15) is 21.9 Å². The Morgan fingerprint density at radius 2 is 1.70 bits per heavy atom. The van der Waals surface area contributed by atoms with Crippen LogP contribution < -0.4 is 9.47 Å². The summed E-state index contributed by atoms with van der Waals surface area (Å²) in [5.74, 6) is 2.44. The van der Waals surface area contributed by atoms with E-state index in [2.05, 4.69) is 4.90 Å². The van der Waals surface area contributed by atoms with E-state index in [-0.39, 0.29) is 24.2 Å². The van der Waals surface area contributed by atoms with E-state index < -0.39 is 10.8 Å². The molecule has 5 rings (SSSR count). The highest BCUT2D eigenvalue weighted by Gasteiger charge is 2.25. The van der Waals surface area contributed by atoms with E-state index in [4.69, 9.17) is 25.5 Å². The van der Waals surface area contributed by atoms with E-state index in [9.17, 15) is 9.00 Å². The van der Waals surface area contributed by atoms with Crippen molar-refractivity contribution in [2.24, 2.45) is 0 Å². The lowest BCUT2D eigenvalue weighted by Crippen LogP contribution is -2.48. The third kappa shape index (κ3) is 5.08. The molecule has 172 valence electrons. The molecule has 0 radical (unpaired) electrons. The van der Waals surface area contributed by atoms with Crippen molar-refractivity contribution in [2.75, 3.05) is 33.0 Å². The van der Waals surface area contributed by atoms with Crippen LogP contribution in [-0.4, -0.2) is 52.9 Å². The molecule has 1 amide bonds. The average molecular weight is 487 g/mol. The highest BCUT2D eigenvalue weighted by Crippen LogP contribution is 2.33. The second-order valence-corrected chi connectivity index (χ2v) is 9.85. The van der Waals surface area contributed by atoms with Gasteiger partial charge in [-0.2, -0.15) is 0 Å². The van der Waals surface area contributed by atoms with Crippen molar-refractivity contribution >= 4 is 28.3 Å². The van der Waals surface area contributed by atoms with Gasteiger partial charge in [-0.05, 0) is 54.1 Å². The first-order chi connectivity index (χ1) is 16.0. The molecule has 2 aromatic carbocycles. The van der Waals surface area contributed by atoms with Crippen molar-refractivity contribution in [3.05, 3.63) is 76.7 Å². The number of rotatable bonds is 6. The standard InChI is InChI=1S/C24H23ClN2O5S/c25-18-2-5-20(6-3-18)33(29)15-19-4-8-22(32-19)24(28)27-11-9-26(10-12-27)14-17-1-7-21-23(13-17)31-16-30-21/h1-8,13H,9-12,14-16H2. The molecule has 3 heterocycles. The molecular formula is C24H23ClN2O5S. The maximum atomic E-state index is 12.9. The van der Waals surface area contributed by atoms with Gasteiger partial charge in [0.15, 0.2) is 17.3 Å². The van der Waals surface area contributed by atoms with Gasteiger partial charge >= 0.3 is 0 Å². The Hall–Kier alpha value is -2.81. The van der Waals surface area contributed by atoms with E-state index in [1.165, 1.54) is 0 Å². The number of carbonyl (C=O) groups excluding carboxylic acids is 1. The number of carbonyl (C=O) groups is 1. The van der Waals surface area contributed by atoms with Crippen LogP contribution >= 0.6 is 11.6 Å². The maximum absolute atomic E-state index is 12.9. The molecule has 0 N–H and O–H groups in total. The molecule has 2 aliphatic rings. The van der Waals surface area contributed by atoms with Crippen LogP contribution in [0.25, 0.3) is 0 Å². The molecule has 3 aromatic rings. The summed E-state index contributed by atoms with van der Waals surface area (Å²) in [6, 6.07) is 16.3. The van der Waals surface area contributed by atoms with Crippen molar-refractivity contribution in [3.63, 3.8) is 0 Å². The molecule has 9 heteroatoms. The first-order valence-corrected chi connectivity index (χ1v) is 12.4. The molecular weight excluding hydrogens is 464 g/mol. The molecule has 0 saturated carbocycles. The predicted octanol–water partition coefficient (Wildman–Crippen LogP) is 3.93. The summed E-state index contributed by atoms with van der Waals surface area (Å²) < 4.78 is 29.1. The van der Waals surface area contributed by atoms with Crippen LogP contribution in [0.4, 0.5) is 0 Å². The van der Waals surface area contributed by atoms with Crippen molar-refractivity contribution in [2.45, 2.75) is 17.2 Å². The topological polar surface area (TPSA) is 72.2 Å². The Morgan fingerprint density at radius 1 is 0.939 bits per heavy atom. The van der Waals surface area contributed by atoms with Gasteiger partial charge in [-0.25, -0.2) is 0 Å². The number of hydrogen-bond acceptors (Lipinski definition) is 6. The molecule has 1 atom stereocenters. The molecule has 2 aliphatic heterocycles. The average Bonchev–Trinajstić information content (AvgIpc) is 3.49. The minimum Gasteiger partial charge on any atom is -0.455 e. The zero-order valence-electron chi connectivity index (χ0n) is 17.9. The summed E-state index contributed by atoms with van der Waals surface area (Å²) in [6.45, 7) is 3.85. The van der Waals surface area contributed by atoms with Crippen LogP contribution in [0.2, 0.25) is 5.02 Å². The lowest BCUT2D eigenvalue weighted by Gasteiger charge is -2.34. The first-order valence-electron chi connectivity index (χ1n) is 10.7. The van der Waals surface area contributed by atoms with Gasteiger partial charge in [0, 0.05) is 42.6 Å². The third-order valence-electron chi connectivity index (χ3n) is 5.72. The highest BCUT2D eigenvalue weighted by atomic mass is 35.5. The quantitative estimate of drug-likeness (QED) is 0.525. The first kappa shape index (κ1) is 22.0. The van der Waals surface area contributed by atoms with E-state index in [1.54, 1.807) is 41.3 Å². The number of nitrogens with zero attached hydrogens (tertiary/aromatic N) is 2. The number of fused-ring (bicyclic) bond motifs is 1. The Labute approximate surface area is 199 Å². The summed E-state index contributed by atoms with van der Waals surface area (Å²) in [5.41, 5.74) is 1.16. The van der Waals surface area contributed by atoms with E-state index >= 15 is 0 Å². The number of amides is 1. The Kier molecular flexibility index (Phi) is 6.39. The lowest BCUT2D eigenvalue weighted by molar-refractivity contribution is 0.0596. The number of furan rings is 1. The summed E-state index contributed by atoms with van der Waals surface area (Å²) in [4.78, 5) is 17.7. The Balaban J connectivity index is 1.14. The van der Waals surface area contributed by atoms with E-state index in [1.807, 2.05) is 18.2 Å². The van der Waals surface area contributed by atoms with Gasteiger partial charge in [0.05, 0.1) is 16.6 Å². The van der Waals surface area contributed by atoms with Crippen molar-refractivity contribution < 1.29 is 22.9 Å². The zero-order chi connectivity index (χ0) is 22.8. The number of ether oxygens (including phenoxy) is 2. The summed E-state index contributed by atoms with van der Waals surface area (Å²) in [5, 5.41) is 0.595. The van der Waals surface area contributed by atoms with Gasteiger partial charge in [-0.1, -0.05) is 17.7 Å². The summed E-state index contributed by atoms with van der Waals surface area (Å²) >= 11 is 5.89. The number of halogens is 1. The molecule has 0 aliphatic carbocycles. The number of piperazine rings is 1. The molecule has 33 heavy (non-hydrogen) atoms. The molecule has 1 aromatic heterocycles. The van der Waals surface area contributed by atoms with Gasteiger partial charge in [0.1, 0.15) is 5.76 Å². The SMILES string of the molecule is O=C(c1ccc(CS(=O)c2ccc(Cl)cc2)o1)N1CCN(Cc2ccc3c(c2)OCO3)CC1. The van der Waals surface area contributed by atoms with E-state index in [0.29, 0.717) is 28.8 Å². The predicted molar refractivity (Wildman–Crippen MR) is 124 cm³/mol. The molecule has 0 spiro atoms. The van der Waals surface area contributed by atoms with Crippen molar-refractivity contribution in [1.29, 1.82) is 0 Å². The fourth-order valence-electron chi connectivity index (χ4n) is 3.93. The van der Waals surface area contributed by atoms with Crippen molar-refractivity contribution in [3.8, 4) is 11.5 Å². The van der Waals surface area contributed by atoms with Gasteiger partial charge in [-0.15, -0.1) is 0 Å². The molecule has 7 nitrogen and oxygen atoms in total. The van der Waals surface area contributed by atoms with E-state index in [0.717, 1.165) is 36.7 Å². The molecule has 1 saturated heterocycles. The van der Waals surface area contributed by atoms with Gasteiger partial charge < -0.3 is 18.8 Å². The molecule has 0 bridgehead atoms. The van der Waals surface area contributed by atoms with Gasteiger partial charge in [-0.3, -0.25) is 13.9 Å². The smallest absolute Gasteiger partial charge is 0.289 e. The summed E-state index contributed by atoms with van der Waals surface area (Å²) in [6.07, 6.45) is 0. The van der Waals surface area contributed by atoms with Crippen molar-refractivity contribution in [1.82, 2.24) is 9.80 Å². The lowest BCUT2D eigenvalue weighted by atomic mass is 10.1. The van der Waals surface area contributed by atoms with Crippen LogP contribution in [-0.2, 0) is 23.1 Å². The molecule has 1 unspecified atom stereocenters. The number of benzene rings is 2. The van der Waals surface area contributed by atoms with Gasteiger partial charge in [0.2, 0.25) is 6.79 Å².